The number of aliphatic carboxylic acids is 1. The fourth-order valence-electron chi connectivity index (χ4n) is 0.700. The molecule has 0 amide bonds. The summed E-state index contributed by atoms with van der Waals surface area (Å²) < 4.78 is 5.69. The van der Waals surface area contributed by atoms with E-state index in [1.165, 1.54) is 23.1 Å². The second kappa shape index (κ2) is 5.21. The Morgan fingerprint density at radius 1 is 1.85 bits per heavy atom. The van der Waals surface area contributed by atoms with E-state index >= 15 is 0 Å². The third kappa shape index (κ3) is 3.75. The van der Waals surface area contributed by atoms with Gasteiger partial charge in [0.05, 0.1) is 18.1 Å². The topological polar surface area (TPSA) is 59.4 Å². The Morgan fingerprint density at radius 3 is 3.23 bits per heavy atom. The molecule has 0 aliphatic carbocycles. The molecule has 0 spiro atoms. The van der Waals surface area contributed by atoms with Gasteiger partial charge in [-0.05, 0) is 0 Å². The van der Waals surface area contributed by atoms with Crippen molar-refractivity contribution in [1.82, 2.24) is 4.98 Å². The number of rotatable bonds is 5. The molecule has 0 saturated heterocycles. The Kier molecular flexibility index (Phi) is 4.20. The molecule has 13 heavy (non-hydrogen) atoms. The molecule has 72 valence electrons. The van der Waals surface area contributed by atoms with Crippen LogP contribution in [0.25, 0.3) is 0 Å². The third-order valence-electron chi connectivity index (χ3n) is 1.16. The molecule has 1 rings (SSSR count). The molecule has 0 aromatic carbocycles. The molecule has 0 atom stereocenters. The van der Waals surface area contributed by atoms with Crippen LogP contribution in [0.5, 0.6) is 0 Å². The highest BCUT2D eigenvalue weighted by Gasteiger charge is 2.05. The van der Waals surface area contributed by atoms with Crippen LogP contribution in [0.1, 0.15) is 5.69 Å². The SMILES string of the molecule is COCSc1nc(CC(=O)O)cs1. The Labute approximate surface area is 83.9 Å². The highest BCUT2D eigenvalue weighted by atomic mass is 32.2. The number of carboxylic acid groups (broad SMARTS) is 1. The number of aromatic nitrogens is 1. The summed E-state index contributed by atoms with van der Waals surface area (Å²) in [5.74, 6) is -0.311. The Bertz CT molecular complexity index is 287. The van der Waals surface area contributed by atoms with Crippen molar-refractivity contribution in [3.05, 3.63) is 11.1 Å². The van der Waals surface area contributed by atoms with Gasteiger partial charge < -0.3 is 9.84 Å². The number of carbonyl (C=O) groups is 1. The van der Waals surface area contributed by atoms with Gasteiger partial charge in [-0.3, -0.25) is 4.79 Å². The zero-order valence-electron chi connectivity index (χ0n) is 7.02. The lowest BCUT2D eigenvalue weighted by Gasteiger charge is -1.92. The van der Waals surface area contributed by atoms with Crippen molar-refractivity contribution < 1.29 is 14.6 Å². The first-order valence-electron chi connectivity index (χ1n) is 3.50. The molecule has 1 heterocycles. The number of thioether (sulfide) groups is 1. The average molecular weight is 219 g/mol. The maximum absolute atomic E-state index is 10.3. The summed E-state index contributed by atoms with van der Waals surface area (Å²) in [4.78, 5) is 14.4. The van der Waals surface area contributed by atoms with Crippen molar-refractivity contribution >= 4 is 29.1 Å². The maximum atomic E-state index is 10.3. The van der Waals surface area contributed by atoms with Crippen molar-refractivity contribution in [3.8, 4) is 0 Å². The van der Waals surface area contributed by atoms with Crippen LogP contribution in [0.2, 0.25) is 0 Å². The van der Waals surface area contributed by atoms with Crippen LogP contribution in [-0.4, -0.2) is 29.1 Å². The van der Waals surface area contributed by atoms with E-state index in [9.17, 15) is 4.79 Å². The van der Waals surface area contributed by atoms with Crippen molar-refractivity contribution in [1.29, 1.82) is 0 Å². The lowest BCUT2D eigenvalue weighted by Crippen LogP contribution is -1.99. The number of thiazole rings is 1. The molecule has 0 unspecified atom stereocenters. The minimum atomic E-state index is -0.853. The fraction of sp³-hybridized carbons (Fsp3) is 0.429. The van der Waals surface area contributed by atoms with E-state index in [2.05, 4.69) is 4.98 Å². The van der Waals surface area contributed by atoms with E-state index in [1.807, 2.05) is 0 Å². The van der Waals surface area contributed by atoms with Gasteiger partial charge in [0, 0.05) is 12.5 Å². The highest BCUT2D eigenvalue weighted by molar-refractivity contribution is 8.00. The van der Waals surface area contributed by atoms with Crippen LogP contribution in [0.3, 0.4) is 0 Å². The zero-order chi connectivity index (χ0) is 9.68. The van der Waals surface area contributed by atoms with Gasteiger partial charge in [0.2, 0.25) is 0 Å². The third-order valence-corrected chi connectivity index (χ3v) is 3.18. The second-order valence-electron chi connectivity index (χ2n) is 2.23. The average Bonchev–Trinajstić information content (AvgIpc) is 2.48. The monoisotopic (exact) mass is 219 g/mol. The Hall–Kier alpha value is -0.590. The van der Waals surface area contributed by atoms with Gasteiger partial charge in [-0.15, -0.1) is 11.3 Å². The van der Waals surface area contributed by atoms with Gasteiger partial charge in [0.25, 0.3) is 0 Å². The first-order chi connectivity index (χ1) is 6.22. The quantitative estimate of drug-likeness (QED) is 0.600. The maximum Gasteiger partial charge on any atom is 0.309 e. The minimum absolute atomic E-state index is 0.00988. The van der Waals surface area contributed by atoms with Crippen LogP contribution >= 0.6 is 23.1 Å². The predicted molar refractivity (Wildman–Crippen MR) is 51.2 cm³/mol. The molecule has 1 aromatic heterocycles. The van der Waals surface area contributed by atoms with E-state index in [0.29, 0.717) is 11.6 Å². The van der Waals surface area contributed by atoms with Crippen LogP contribution in [0.4, 0.5) is 0 Å². The number of hydrogen-bond donors (Lipinski definition) is 1. The summed E-state index contributed by atoms with van der Waals surface area (Å²) in [6.07, 6.45) is -0.00988. The van der Waals surface area contributed by atoms with E-state index in [1.54, 1.807) is 12.5 Å². The van der Waals surface area contributed by atoms with E-state index in [-0.39, 0.29) is 6.42 Å². The molecular formula is C7H9NO3S2. The minimum Gasteiger partial charge on any atom is -0.481 e. The number of methoxy groups -OCH3 is 1. The molecule has 1 aromatic rings. The zero-order valence-corrected chi connectivity index (χ0v) is 8.65. The van der Waals surface area contributed by atoms with Crippen molar-refractivity contribution in [3.63, 3.8) is 0 Å². The Balaban J connectivity index is 2.48. The van der Waals surface area contributed by atoms with Crippen molar-refractivity contribution in [2.24, 2.45) is 0 Å². The molecule has 4 nitrogen and oxygen atoms in total. The van der Waals surface area contributed by atoms with Crippen LogP contribution in [-0.2, 0) is 16.0 Å². The van der Waals surface area contributed by atoms with Gasteiger partial charge in [-0.25, -0.2) is 4.98 Å². The number of ether oxygens (including phenoxy) is 1. The number of nitrogens with zero attached hydrogens (tertiary/aromatic N) is 1. The lowest BCUT2D eigenvalue weighted by atomic mass is 10.3. The first-order valence-corrected chi connectivity index (χ1v) is 5.37. The Morgan fingerprint density at radius 2 is 2.62 bits per heavy atom. The summed E-state index contributed by atoms with van der Waals surface area (Å²) in [5.41, 5.74) is 0.608. The van der Waals surface area contributed by atoms with Gasteiger partial charge in [-0.2, -0.15) is 0 Å². The van der Waals surface area contributed by atoms with E-state index in [4.69, 9.17) is 9.84 Å². The summed E-state index contributed by atoms with van der Waals surface area (Å²) in [7, 11) is 1.61. The second-order valence-corrected chi connectivity index (χ2v) is 4.25. The fourth-order valence-corrected chi connectivity index (χ4v) is 2.20. The van der Waals surface area contributed by atoms with Crippen LogP contribution in [0, 0.1) is 0 Å². The van der Waals surface area contributed by atoms with Gasteiger partial charge >= 0.3 is 5.97 Å². The summed E-state index contributed by atoms with van der Waals surface area (Å²) in [5, 5.41) is 10.2. The number of hydrogen-bond acceptors (Lipinski definition) is 5. The summed E-state index contributed by atoms with van der Waals surface area (Å²) in [6, 6.07) is 0. The molecule has 0 aliphatic rings. The molecule has 0 bridgehead atoms. The van der Waals surface area contributed by atoms with Gasteiger partial charge in [-0.1, -0.05) is 11.8 Å². The summed E-state index contributed by atoms with van der Waals surface area (Å²) in [6.45, 7) is 0. The van der Waals surface area contributed by atoms with E-state index in [0.717, 1.165) is 4.34 Å². The largest absolute Gasteiger partial charge is 0.481 e. The van der Waals surface area contributed by atoms with Gasteiger partial charge in [0.1, 0.15) is 0 Å². The van der Waals surface area contributed by atoms with Gasteiger partial charge in [0.15, 0.2) is 4.34 Å². The smallest absolute Gasteiger partial charge is 0.309 e. The highest BCUT2D eigenvalue weighted by Crippen LogP contribution is 2.22. The van der Waals surface area contributed by atoms with Crippen LogP contribution < -0.4 is 0 Å². The van der Waals surface area contributed by atoms with Crippen molar-refractivity contribution in [2.45, 2.75) is 10.8 Å². The molecular weight excluding hydrogens is 210 g/mol. The first kappa shape index (κ1) is 10.5. The molecule has 0 radical (unpaired) electrons. The molecule has 0 fully saturated rings. The number of carboxylic acids is 1. The molecule has 0 saturated carbocycles. The molecule has 6 heteroatoms. The normalized spacial score (nSPS) is 10.2. The molecule has 0 aliphatic heterocycles. The lowest BCUT2D eigenvalue weighted by molar-refractivity contribution is -0.136. The standard InChI is InChI=1S/C7H9NO3S2/c1-11-4-13-7-8-5(3-12-7)2-6(9)10/h3H,2,4H2,1H3,(H,9,10). The summed E-state index contributed by atoms with van der Waals surface area (Å²) >= 11 is 2.90. The van der Waals surface area contributed by atoms with Crippen LogP contribution in [0.15, 0.2) is 9.72 Å². The molecule has 1 N–H and O–H groups in total. The van der Waals surface area contributed by atoms with E-state index < -0.39 is 5.97 Å². The van der Waals surface area contributed by atoms with Crippen molar-refractivity contribution in [2.75, 3.05) is 13.0 Å². The predicted octanol–water partition coefficient (Wildman–Crippen LogP) is 1.47.